The predicted octanol–water partition coefficient (Wildman–Crippen LogP) is 6.74. The van der Waals surface area contributed by atoms with Gasteiger partial charge in [-0.15, -0.1) is 0 Å². The molecule has 22 heavy (non-hydrogen) atoms. The number of carbonyl (C=O) groups is 1. The SMILES string of the molecule is CC.CC.CC(=O)[C@]1(C)C(Cl)(Cl)[C@@]1(C)c1ccc(C)c(Cl)c1. The summed E-state index contributed by atoms with van der Waals surface area (Å²) in [7, 11) is 0. The zero-order valence-corrected chi connectivity index (χ0v) is 17.0. The monoisotopic (exact) mass is 364 g/mol. The lowest BCUT2D eigenvalue weighted by atomic mass is 9.86. The highest BCUT2D eigenvalue weighted by molar-refractivity contribution is 6.55. The Balaban J connectivity index is 0.00000102. The molecule has 1 aromatic carbocycles. The Bertz CT molecular complexity index is 539. The van der Waals surface area contributed by atoms with Crippen LogP contribution in [0.2, 0.25) is 5.02 Å². The normalized spacial score (nSPS) is 27.8. The van der Waals surface area contributed by atoms with Gasteiger partial charge in [0.25, 0.3) is 0 Å². The van der Waals surface area contributed by atoms with E-state index in [-0.39, 0.29) is 5.78 Å². The van der Waals surface area contributed by atoms with Crippen molar-refractivity contribution >= 4 is 40.6 Å². The maximum Gasteiger partial charge on any atom is 0.141 e. The van der Waals surface area contributed by atoms with E-state index in [0.717, 1.165) is 11.1 Å². The minimum atomic E-state index is -1.09. The standard InChI is InChI=1S/C14H15Cl3O.2C2H6/c1-8-5-6-10(7-11(8)15)13(4)12(3,9(2)18)14(13,16)17;2*1-2/h5-7H,1-4H3;2*1-2H3/t12-,13-;;/m0../s1. The third kappa shape index (κ3) is 2.81. The number of benzene rings is 1. The van der Waals surface area contributed by atoms with Crippen molar-refractivity contribution in [2.75, 3.05) is 0 Å². The summed E-state index contributed by atoms with van der Waals surface area (Å²) in [5.74, 6) is -0.00769. The maximum atomic E-state index is 11.9. The van der Waals surface area contributed by atoms with Crippen LogP contribution in [0.3, 0.4) is 0 Å². The fraction of sp³-hybridized carbons (Fsp3) is 0.611. The highest BCUT2D eigenvalue weighted by atomic mass is 35.5. The highest BCUT2D eigenvalue weighted by Crippen LogP contribution is 2.78. The second-order valence-electron chi connectivity index (χ2n) is 5.34. The van der Waals surface area contributed by atoms with Gasteiger partial charge >= 0.3 is 0 Å². The van der Waals surface area contributed by atoms with E-state index in [0.29, 0.717) is 5.02 Å². The van der Waals surface area contributed by atoms with Gasteiger partial charge in [0.15, 0.2) is 0 Å². The van der Waals surface area contributed by atoms with E-state index in [9.17, 15) is 4.79 Å². The Morgan fingerprint density at radius 1 is 1.05 bits per heavy atom. The molecule has 1 aliphatic rings. The van der Waals surface area contributed by atoms with Crippen LogP contribution in [0.5, 0.6) is 0 Å². The van der Waals surface area contributed by atoms with E-state index in [1.165, 1.54) is 6.92 Å². The number of Topliss-reactive ketones (excluding diaryl/α,β-unsaturated/α-hetero) is 1. The number of hydrogen-bond donors (Lipinski definition) is 0. The summed E-state index contributed by atoms with van der Waals surface area (Å²) in [5.41, 5.74) is 0.512. The molecule has 0 heterocycles. The van der Waals surface area contributed by atoms with Gasteiger partial charge in [0.05, 0.1) is 5.41 Å². The topological polar surface area (TPSA) is 17.1 Å². The Morgan fingerprint density at radius 3 is 1.82 bits per heavy atom. The molecule has 0 unspecified atom stereocenters. The lowest BCUT2D eigenvalue weighted by Crippen LogP contribution is -2.19. The van der Waals surface area contributed by atoms with Gasteiger partial charge in [-0.25, -0.2) is 0 Å². The molecule has 1 fully saturated rings. The van der Waals surface area contributed by atoms with E-state index in [1.807, 2.05) is 66.7 Å². The molecule has 1 nitrogen and oxygen atoms in total. The van der Waals surface area contributed by atoms with Gasteiger partial charge in [-0.2, -0.15) is 0 Å². The molecule has 0 aliphatic heterocycles. The fourth-order valence-electron chi connectivity index (χ4n) is 2.75. The minimum Gasteiger partial charge on any atom is -0.299 e. The summed E-state index contributed by atoms with van der Waals surface area (Å²) < 4.78 is -1.09. The third-order valence-corrected chi connectivity index (χ3v) is 6.57. The number of hydrogen-bond acceptors (Lipinski definition) is 1. The molecule has 2 rings (SSSR count). The smallest absolute Gasteiger partial charge is 0.141 e. The van der Waals surface area contributed by atoms with E-state index in [1.54, 1.807) is 0 Å². The summed E-state index contributed by atoms with van der Waals surface area (Å²) >= 11 is 18.9. The van der Waals surface area contributed by atoms with Crippen molar-refractivity contribution in [3.8, 4) is 0 Å². The molecule has 1 saturated carbocycles. The van der Waals surface area contributed by atoms with Crippen LogP contribution < -0.4 is 0 Å². The minimum absolute atomic E-state index is 0.00769. The molecule has 0 spiro atoms. The van der Waals surface area contributed by atoms with E-state index in [2.05, 4.69) is 0 Å². The zero-order chi connectivity index (χ0) is 17.9. The van der Waals surface area contributed by atoms with Crippen molar-refractivity contribution in [1.29, 1.82) is 0 Å². The van der Waals surface area contributed by atoms with Crippen LogP contribution >= 0.6 is 34.8 Å². The van der Waals surface area contributed by atoms with Crippen molar-refractivity contribution in [1.82, 2.24) is 0 Å². The summed E-state index contributed by atoms with van der Waals surface area (Å²) in [5, 5.41) is 0.663. The van der Waals surface area contributed by atoms with Gasteiger partial charge < -0.3 is 0 Å². The van der Waals surface area contributed by atoms with Crippen molar-refractivity contribution in [3.63, 3.8) is 0 Å². The number of ketones is 1. The van der Waals surface area contributed by atoms with Crippen LogP contribution in [0.1, 0.15) is 59.6 Å². The Hall–Kier alpha value is -0.240. The van der Waals surface area contributed by atoms with E-state index < -0.39 is 15.2 Å². The van der Waals surface area contributed by atoms with Gasteiger partial charge in [0, 0.05) is 10.4 Å². The van der Waals surface area contributed by atoms with Gasteiger partial charge in [0.1, 0.15) is 10.1 Å². The number of aryl methyl sites for hydroxylation is 1. The molecule has 0 amide bonds. The summed E-state index contributed by atoms with van der Waals surface area (Å²) in [4.78, 5) is 11.9. The second-order valence-corrected chi connectivity index (χ2v) is 7.08. The summed E-state index contributed by atoms with van der Waals surface area (Å²) in [6.07, 6.45) is 0. The van der Waals surface area contributed by atoms with Gasteiger partial charge in [-0.3, -0.25) is 4.79 Å². The molecule has 0 bridgehead atoms. The first-order valence-electron chi connectivity index (χ1n) is 7.76. The molecule has 0 aromatic heterocycles. The van der Waals surface area contributed by atoms with Crippen LogP contribution in [0.4, 0.5) is 0 Å². The third-order valence-electron chi connectivity index (χ3n) is 4.65. The lowest BCUT2D eigenvalue weighted by molar-refractivity contribution is -0.122. The molecule has 1 aromatic rings. The van der Waals surface area contributed by atoms with Crippen molar-refractivity contribution in [2.45, 2.75) is 65.1 Å². The Morgan fingerprint density at radius 2 is 1.50 bits per heavy atom. The first kappa shape index (κ1) is 21.8. The van der Waals surface area contributed by atoms with Gasteiger partial charge in [-0.1, -0.05) is 81.6 Å². The van der Waals surface area contributed by atoms with Crippen LogP contribution in [0.15, 0.2) is 18.2 Å². The largest absolute Gasteiger partial charge is 0.299 e. The quantitative estimate of drug-likeness (QED) is 0.530. The highest BCUT2D eigenvalue weighted by Gasteiger charge is 2.84. The number of carbonyl (C=O) groups excluding carboxylic acids is 1. The van der Waals surface area contributed by atoms with Gasteiger partial charge in [-0.05, 0) is 38.0 Å². The summed E-state index contributed by atoms with van der Waals surface area (Å²) in [6.45, 7) is 15.2. The predicted molar refractivity (Wildman–Crippen MR) is 99.5 cm³/mol. The number of halogens is 3. The number of alkyl halides is 2. The van der Waals surface area contributed by atoms with Crippen molar-refractivity contribution in [2.24, 2.45) is 5.41 Å². The molecule has 1 aliphatic carbocycles. The van der Waals surface area contributed by atoms with E-state index >= 15 is 0 Å². The Kier molecular flexibility index (Phi) is 7.47. The van der Waals surface area contributed by atoms with Gasteiger partial charge in [0.2, 0.25) is 0 Å². The van der Waals surface area contributed by atoms with Crippen molar-refractivity contribution < 1.29 is 4.79 Å². The molecular formula is C18H27Cl3O. The van der Waals surface area contributed by atoms with Crippen LogP contribution in [-0.4, -0.2) is 10.1 Å². The average molecular weight is 366 g/mol. The first-order valence-corrected chi connectivity index (χ1v) is 8.89. The molecule has 2 atom stereocenters. The van der Waals surface area contributed by atoms with Crippen molar-refractivity contribution in [3.05, 3.63) is 34.3 Å². The first-order chi connectivity index (χ1) is 10.1. The molecule has 0 saturated heterocycles. The second kappa shape index (κ2) is 7.55. The lowest BCUT2D eigenvalue weighted by Gasteiger charge is -2.16. The molecule has 4 heteroatoms. The zero-order valence-electron chi connectivity index (χ0n) is 14.8. The van der Waals surface area contributed by atoms with Crippen LogP contribution in [0, 0.1) is 12.3 Å². The molecule has 126 valence electrons. The molecule has 0 N–H and O–H groups in total. The number of rotatable bonds is 2. The molecular weight excluding hydrogens is 339 g/mol. The average Bonchev–Trinajstić information content (AvgIpc) is 2.87. The summed E-state index contributed by atoms with van der Waals surface area (Å²) in [6, 6.07) is 5.71. The van der Waals surface area contributed by atoms with Crippen LogP contribution in [-0.2, 0) is 10.2 Å². The fourth-order valence-corrected chi connectivity index (χ4v) is 4.07. The Labute approximate surface area is 150 Å². The van der Waals surface area contributed by atoms with Crippen LogP contribution in [0.25, 0.3) is 0 Å². The van der Waals surface area contributed by atoms with E-state index in [4.69, 9.17) is 34.8 Å². The maximum absolute atomic E-state index is 11.9. The molecule has 0 radical (unpaired) electrons.